The van der Waals surface area contributed by atoms with Crippen molar-refractivity contribution in [1.29, 1.82) is 0 Å². The van der Waals surface area contributed by atoms with E-state index in [0.29, 0.717) is 0 Å². The Labute approximate surface area is 90.1 Å². The fraction of sp³-hybridized carbons (Fsp3) is 0.800. The van der Waals surface area contributed by atoms with Gasteiger partial charge in [0, 0.05) is 6.54 Å². The van der Waals surface area contributed by atoms with Crippen molar-refractivity contribution in [2.75, 3.05) is 13.7 Å². The molecule has 0 rings (SSSR count). The van der Waals surface area contributed by atoms with E-state index in [1.54, 1.807) is 27.7 Å². The van der Waals surface area contributed by atoms with Crippen molar-refractivity contribution >= 4 is 12.1 Å². The first-order valence-electron chi connectivity index (χ1n) is 4.81. The Balaban J connectivity index is 3.86. The van der Waals surface area contributed by atoms with Crippen LogP contribution in [0.25, 0.3) is 0 Å². The third kappa shape index (κ3) is 6.76. The molecule has 0 aliphatic rings. The summed E-state index contributed by atoms with van der Waals surface area (Å²) in [5.41, 5.74) is -0.529. The van der Waals surface area contributed by atoms with E-state index in [-0.39, 0.29) is 18.4 Å². The highest BCUT2D eigenvalue weighted by atomic mass is 16.6. The number of hydrogen-bond acceptors (Lipinski definition) is 4. The third-order valence-electron chi connectivity index (χ3n) is 1.56. The fourth-order valence-electron chi connectivity index (χ4n) is 0.835. The molecule has 0 aliphatic carbocycles. The van der Waals surface area contributed by atoms with E-state index in [1.165, 1.54) is 7.11 Å². The minimum atomic E-state index is -0.529. The first-order valence-corrected chi connectivity index (χ1v) is 4.81. The molecule has 0 aromatic carbocycles. The smallest absolute Gasteiger partial charge is 0.407 e. The second-order valence-corrected chi connectivity index (χ2v) is 4.31. The van der Waals surface area contributed by atoms with Crippen LogP contribution in [0, 0.1) is 5.92 Å². The number of amides is 1. The molecule has 1 atom stereocenters. The molecule has 1 unspecified atom stereocenters. The molecule has 5 heteroatoms. The van der Waals surface area contributed by atoms with Crippen molar-refractivity contribution in [3.63, 3.8) is 0 Å². The van der Waals surface area contributed by atoms with Crippen LogP contribution in [0.3, 0.4) is 0 Å². The Morgan fingerprint density at radius 3 is 2.27 bits per heavy atom. The molecule has 0 saturated heterocycles. The zero-order valence-corrected chi connectivity index (χ0v) is 9.92. The number of rotatable bonds is 3. The molecular formula is C10H19NO4. The van der Waals surface area contributed by atoms with Gasteiger partial charge in [-0.25, -0.2) is 4.79 Å². The second kappa shape index (κ2) is 5.58. The predicted octanol–water partition coefficient (Wildman–Crippen LogP) is 1.32. The maximum Gasteiger partial charge on any atom is 0.407 e. The molecule has 0 bridgehead atoms. The maximum absolute atomic E-state index is 11.2. The molecule has 0 aromatic rings. The highest BCUT2D eigenvalue weighted by Crippen LogP contribution is 2.06. The van der Waals surface area contributed by atoms with Crippen molar-refractivity contribution in [3.8, 4) is 0 Å². The molecule has 15 heavy (non-hydrogen) atoms. The Kier molecular flexibility index (Phi) is 5.11. The molecule has 1 N–H and O–H groups in total. The van der Waals surface area contributed by atoms with Gasteiger partial charge in [0.05, 0.1) is 13.0 Å². The minimum absolute atomic E-state index is 0.210. The number of methoxy groups -OCH3 is 1. The van der Waals surface area contributed by atoms with Gasteiger partial charge in [0.15, 0.2) is 0 Å². The van der Waals surface area contributed by atoms with Crippen molar-refractivity contribution < 1.29 is 19.1 Å². The summed E-state index contributed by atoms with van der Waals surface area (Å²) in [6, 6.07) is 0. The van der Waals surface area contributed by atoms with E-state index in [9.17, 15) is 9.59 Å². The van der Waals surface area contributed by atoms with Gasteiger partial charge in [-0.1, -0.05) is 6.92 Å². The first kappa shape index (κ1) is 13.7. The predicted molar refractivity (Wildman–Crippen MR) is 55.4 cm³/mol. The van der Waals surface area contributed by atoms with Crippen molar-refractivity contribution in [3.05, 3.63) is 0 Å². The molecule has 88 valence electrons. The van der Waals surface area contributed by atoms with Gasteiger partial charge >= 0.3 is 12.1 Å². The number of alkyl carbamates (subject to hydrolysis) is 1. The topological polar surface area (TPSA) is 64.6 Å². The summed E-state index contributed by atoms with van der Waals surface area (Å²) in [6.45, 7) is 7.20. The van der Waals surface area contributed by atoms with Gasteiger partial charge in [-0.05, 0) is 20.8 Å². The molecule has 0 saturated carbocycles. The van der Waals surface area contributed by atoms with E-state index in [4.69, 9.17) is 4.74 Å². The lowest BCUT2D eigenvalue weighted by atomic mass is 10.2. The standard InChI is InChI=1S/C10H19NO4/c1-7(8(12)14-5)6-11-9(13)15-10(2,3)4/h7H,6H2,1-5H3,(H,11,13)/i6+1,11+1. The van der Waals surface area contributed by atoms with Crippen LogP contribution in [0.2, 0.25) is 0 Å². The number of hydrogen-bond donors (Lipinski definition) is 1. The van der Waals surface area contributed by atoms with Crippen LogP contribution in [0.4, 0.5) is 4.79 Å². The first-order chi connectivity index (χ1) is 6.76. The summed E-state index contributed by atoms with van der Waals surface area (Å²) in [5.74, 6) is -0.728. The number of carbonyl (C=O) groups excluding carboxylic acids is 2. The second-order valence-electron chi connectivity index (χ2n) is 4.31. The van der Waals surface area contributed by atoms with Gasteiger partial charge in [-0.2, -0.15) is 0 Å². The number of nitrogens with one attached hydrogen (secondary N) is 1. The van der Waals surface area contributed by atoms with Gasteiger partial charge in [-0.15, -0.1) is 0 Å². The van der Waals surface area contributed by atoms with Crippen LogP contribution in [-0.4, -0.2) is 31.3 Å². The Morgan fingerprint density at radius 1 is 1.33 bits per heavy atom. The number of esters is 1. The Morgan fingerprint density at radius 2 is 1.87 bits per heavy atom. The van der Waals surface area contributed by atoms with Crippen LogP contribution in [0.15, 0.2) is 0 Å². The van der Waals surface area contributed by atoms with Crippen LogP contribution < -0.4 is 5.32 Å². The van der Waals surface area contributed by atoms with E-state index in [2.05, 4.69) is 10.1 Å². The quantitative estimate of drug-likeness (QED) is 0.441. The van der Waals surface area contributed by atoms with Gasteiger partial charge < -0.3 is 14.8 Å². The zero-order valence-electron chi connectivity index (χ0n) is 9.92. The lowest BCUT2D eigenvalue weighted by Gasteiger charge is -2.20. The Hall–Kier alpha value is -1.26. The van der Waals surface area contributed by atoms with E-state index in [1.807, 2.05) is 0 Å². The zero-order chi connectivity index (χ0) is 12.1. The van der Waals surface area contributed by atoms with Crippen molar-refractivity contribution in [2.45, 2.75) is 33.3 Å². The summed E-state index contributed by atoms with van der Waals surface area (Å²) in [7, 11) is 1.31. The molecule has 1 amide bonds. The highest BCUT2D eigenvalue weighted by molar-refractivity contribution is 5.73. The van der Waals surface area contributed by atoms with E-state index in [0.717, 1.165) is 0 Å². The molecule has 0 aliphatic heterocycles. The molecule has 0 spiro atoms. The van der Waals surface area contributed by atoms with E-state index >= 15 is 0 Å². The molecule has 0 fully saturated rings. The lowest BCUT2D eigenvalue weighted by Crippen LogP contribution is -2.36. The van der Waals surface area contributed by atoms with Crippen LogP contribution >= 0.6 is 0 Å². The molecule has 0 radical (unpaired) electrons. The molecule has 5 nitrogen and oxygen atoms in total. The average molecular weight is 219 g/mol. The molecular weight excluding hydrogens is 200 g/mol. The summed E-state index contributed by atoms with van der Waals surface area (Å²) < 4.78 is 9.51. The van der Waals surface area contributed by atoms with Crippen LogP contribution in [0.1, 0.15) is 27.7 Å². The van der Waals surface area contributed by atoms with Crippen LogP contribution in [-0.2, 0) is 14.3 Å². The monoisotopic (exact) mass is 219 g/mol. The summed E-state index contributed by atoms with van der Waals surface area (Å²) >= 11 is 0. The third-order valence-corrected chi connectivity index (χ3v) is 1.56. The van der Waals surface area contributed by atoms with Crippen molar-refractivity contribution in [2.24, 2.45) is 5.92 Å². The summed E-state index contributed by atoms with van der Waals surface area (Å²) in [4.78, 5) is 22.2. The lowest BCUT2D eigenvalue weighted by molar-refractivity contribution is -0.144. The number of ether oxygens (including phenoxy) is 2. The summed E-state index contributed by atoms with van der Waals surface area (Å²) in [6.07, 6.45) is -0.529. The minimum Gasteiger partial charge on any atom is -0.469 e. The Bertz CT molecular complexity index is 232. The maximum atomic E-state index is 11.2. The van der Waals surface area contributed by atoms with Crippen LogP contribution in [0.5, 0.6) is 0 Å². The normalized spacial score (nSPS) is 12.9. The van der Waals surface area contributed by atoms with Gasteiger partial charge in [0.25, 0.3) is 0 Å². The largest absolute Gasteiger partial charge is 0.469 e. The van der Waals surface area contributed by atoms with Gasteiger partial charge in [0.2, 0.25) is 0 Å². The molecule has 0 heterocycles. The highest BCUT2D eigenvalue weighted by Gasteiger charge is 2.18. The van der Waals surface area contributed by atoms with Gasteiger partial charge in [-0.3, -0.25) is 4.79 Å². The van der Waals surface area contributed by atoms with Gasteiger partial charge in [0.1, 0.15) is 5.60 Å². The fourth-order valence-corrected chi connectivity index (χ4v) is 0.835. The SMILES string of the molecule is COC(=O)C(C)[13CH2][15NH]C(=O)OC(C)(C)C. The number of carbonyl (C=O) groups is 2. The average Bonchev–Trinajstić information content (AvgIpc) is 2.10. The van der Waals surface area contributed by atoms with E-state index < -0.39 is 11.7 Å². The van der Waals surface area contributed by atoms with Crippen molar-refractivity contribution in [1.82, 2.24) is 5.32 Å². The summed E-state index contributed by atoms with van der Waals surface area (Å²) in [5, 5.41) is 2.49. The molecule has 0 aromatic heterocycles.